The summed E-state index contributed by atoms with van der Waals surface area (Å²) in [6.45, 7) is 6.99. The first-order valence-electron chi connectivity index (χ1n) is 15.0. The van der Waals surface area contributed by atoms with Gasteiger partial charge in [-0.1, -0.05) is 96.4 Å². The molecule has 2 aliphatic carbocycles. The van der Waals surface area contributed by atoms with Crippen molar-refractivity contribution in [2.45, 2.75) is 111 Å². The largest absolute Gasteiger partial charge is 0.423 e. The van der Waals surface area contributed by atoms with Crippen LogP contribution in [0.1, 0.15) is 119 Å². The maximum absolute atomic E-state index is 12.8. The van der Waals surface area contributed by atoms with E-state index in [2.05, 4.69) is 45.0 Å². The molecule has 0 bridgehead atoms. The highest BCUT2D eigenvalue weighted by Gasteiger charge is 2.42. The van der Waals surface area contributed by atoms with Gasteiger partial charge in [0, 0.05) is 0 Å². The molecule has 36 heavy (non-hydrogen) atoms. The third kappa shape index (κ3) is 6.61. The number of ether oxygens (including phenoxy) is 1. The Balaban J connectivity index is 1.45. The van der Waals surface area contributed by atoms with Gasteiger partial charge < -0.3 is 4.74 Å². The van der Waals surface area contributed by atoms with Crippen LogP contribution in [0, 0.1) is 23.2 Å². The molecule has 2 fully saturated rings. The Bertz CT molecular complexity index is 928. The minimum atomic E-state index is -0.267. The molecule has 2 aliphatic rings. The minimum absolute atomic E-state index is 0.267. The van der Waals surface area contributed by atoms with Crippen LogP contribution in [0.15, 0.2) is 48.5 Å². The van der Waals surface area contributed by atoms with Crippen LogP contribution in [0.4, 0.5) is 0 Å². The molecule has 0 amide bonds. The van der Waals surface area contributed by atoms with Crippen molar-refractivity contribution in [1.82, 2.24) is 0 Å². The van der Waals surface area contributed by atoms with Crippen molar-refractivity contribution in [3.8, 4) is 5.75 Å². The van der Waals surface area contributed by atoms with Crippen molar-refractivity contribution in [2.75, 3.05) is 0 Å². The molecule has 0 N–H and O–H groups in total. The molecule has 2 heteroatoms. The second kappa shape index (κ2) is 12.9. The van der Waals surface area contributed by atoms with E-state index in [4.69, 9.17) is 4.74 Å². The zero-order valence-corrected chi connectivity index (χ0v) is 23.1. The normalized spacial score (nSPS) is 22.6. The fourth-order valence-corrected chi connectivity index (χ4v) is 7.33. The van der Waals surface area contributed by atoms with Gasteiger partial charge in [-0.2, -0.15) is 0 Å². The fourth-order valence-electron chi connectivity index (χ4n) is 7.33. The molecule has 2 aromatic carbocycles. The molecular formula is C34H48O2. The van der Waals surface area contributed by atoms with Crippen LogP contribution < -0.4 is 4.74 Å². The summed E-state index contributed by atoms with van der Waals surface area (Å²) in [5.74, 6) is 2.91. The second-order valence-electron chi connectivity index (χ2n) is 11.8. The molecule has 2 saturated carbocycles. The van der Waals surface area contributed by atoms with Gasteiger partial charge in [-0.15, -0.1) is 0 Å². The Morgan fingerprint density at radius 3 is 2.08 bits per heavy atom. The Kier molecular flexibility index (Phi) is 9.68. The van der Waals surface area contributed by atoms with Gasteiger partial charge in [-0.25, -0.2) is 4.79 Å². The second-order valence-corrected chi connectivity index (χ2v) is 11.8. The van der Waals surface area contributed by atoms with Gasteiger partial charge in [0.05, 0.1) is 5.56 Å². The number of hydrogen-bond donors (Lipinski definition) is 0. The topological polar surface area (TPSA) is 26.3 Å². The quantitative estimate of drug-likeness (QED) is 0.246. The summed E-state index contributed by atoms with van der Waals surface area (Å²) in [5.41, 5.74) is 3.81. The molecule has 4 rings (SSSR count). The molecule has 0 saturated heterocycles. The number of esters is 1. The van der Waals surface area contributed by atoms with E-state index < -0.39 is 0 Å². The monoisotopic (exact) mass is 488 g/mol. The van der Waals surface area contributed by atoms with Gasteiger partial charge in [0.15, 0.2) is 0 Å². The number of rotatable bonds is 10. The SMILES string of the molecule is CCCc1ccc(OC(=O)c2ccc(CC(C3CCC(CC)CC3)C3(CC)CCCCC3)cc2)cc1. The molecule has 0 aliphatic heterocycles. The first-order chi connectivity index (χ1) is 17.6. The molecular weight excluding hydrogens is 440 g/mol. The summed E-state index contributed by atoms with van der Waals surface area (Å²) in [6.07, 6.45) is 18.7. The summed E-state index contributed by atoms with van der Waals surface area (Å²) in [4.78, 5) is 12.8. The Morgan fingerprint density at radius 2 is 1.50 bits per heavy atom. The average Bonchev–Trinajstić information content (AvgIpc) is 2.93. The van der Waals surface area contributed by atoms with Crippen LogP contribution in [-0.4, -0.2) is 5.97 Å². The molecule has 0 radical (unpaired) electrons. The number of carbonyl (C=O) groups excluding carboxylic acids is 1. The van der Waals surface area contributed by atoms with Gasteiger partial charge in [0.25, 0.3) is 0 Å². The summed E-state index contributed by atoms with van der Waals surface area (Å²) in [7, 11) is 0. The Morgan fingerprint density at radius 1 is 0.861 bits per heavy atom. The predicted molar refractivity (Wildman–Crippen MR) is 151 cm³/mol. The van der Waals surface area contributed by atoms with E-state index in [1.165, 1.54) is 81.8 Å². The summed E-state index contributed by atoms with van der Waals surface area (Å²) in [5, 5.41) is 0. The van der Waals surface area contributed by atoms with Crippen molar-refractivity contribution in [1.29, 1.82) is 0 Å². The number of hydrogen-bond acceptors (Lipinski definition) is 2. The van der Waals surface area contributed by atoms with Gasteiger partial charge in [-0.05, 0) is 97.1 Å². The first kappa shape index (κ1) is 27.0. The summed E-state index contributed by atoms with van der Waals surface area (Å²) in [6, 6.07) is 16.3. The van der Waals surface area contributed by atoms with E-state index >= 15 is 0 Å². The fraction of sp³-hybridized carbons (Fsp3) is 0.618. The minimum Gasteiger partial charge on any atom is -0.423 e. The maximum Gasteiger partial charge on any atom is 0.343 e. The van der Waals surface area contributed by atoms with E-state index in [0.717, 1.165) is 37.0 Å². The van der Waals surface area contributed by atoms with E-state index in [0.29, 0.717) is 16.7 Å². The van der Waals surface area contributed by atoms with E-state index in [-0.39, 0.29) is 5.97 Å². The highest BCUT2D eigenvalue weighted by atomic mass is 16.5. The molecule has 196 valence electrons. The zero-order valence-electron chi connectivity index (χ0n) is 23.1. The highest BCUT2D eigenvalue weighted by Crippen LogP contribution is 2.52. The Hall–Kier alpha value is -2.09. The summed E-state index contributed by atoms with van der Waals surface area (Å²) >= 11 is 0. The third-order valence-corrected chi connectivity index (χ3v) is 9.70. The van der Waals surface area contributed by atoms with Gasteiger partial charge >= 0.3 is 5.97 Å². The number of aryl methyl sites for hydroxylation is 1. The first-order valence-corrected chi connectivity index (χ1v) is 15.0. The molecule has 0 heterocycles. The Labute approximate surface area is 220 Å². The van der Waals surface area contributed by atoms with E-state index in [1.54, 1.807) is 0 Å². The van der Waals surface area contributed by atoms with Crippen molar-refractivity contribution in [3.63, 3.8) is 0 Å². The maximum atomic E-state index is 12.8. The van der Waals surface area contributed by atoms with E-state index in [1.807, 2.05) is 24.3 Å². The lowest BCUT2D eigenvalue weighted by molar-refractivity contribution is 0.0268. The molecule has 2 aromatic rings. The van der Waals surface area contributed by atoms with Crippen LogP contribution in [0.25, 0.3) is 0 Å². The molecule has 2 nitrogen and oxygen atoms in total. The van der Waals surface area contributed by atoms with Crippen LogP contribution in [-0.2, 0) is 12.8 Å². The highest BCUT2D eigenvalue weighted by molar-refractivity contribution is 5.91. The van der Waals surface area contributed by atoms with Crippen LogP contribution in [0.3, 0.4) is 0 Å². The lowest BCUT2D eigenvalue weighted by Gasteiger charge is -2.48. The molecule has 1 unspecified atom stereocenters. The lowest BCUT2D eigenvalue weighted by atomic mass is 9.56. The van der Waals surface area contributed by atoms with Crippen LogP contribution in [0.2, 0.25) is 0 Å². The zero-order chi connectivity index (χ0) is 25.4. The summed E-state index contributed by atoms with van der Waals surface area (Å²) < 4.78 is 5.66. The smallest absolute Gasteiger partial charge is 0.343 e. The van der Waals surface area contributed by atoms with Crippen molar-refractivity contribution in [2.24, 2.45) is 23.2 Å². The van der Waals surface area contributed by atoms with E-state index in [9.17, 15) is 4.79 Å². The van der Waals surface area contributed by atoms with Crippen molar-refractivity contribution in [3.05, 3.63) is 65.2 Å². The molecule has 0 spiro atoms. The van der Waals surface area contributed by atoms with Gasteiger partial charge in [-0.3, -0.25) is 0 Å². The standard InChI is InChI=1S/C34H48O2/c1-4-10-27-15-21-31(22-16-27)36-33(35)30-19-13-28(14-20-30)25-32(29-17-11-26(5-2)12-18-29)34(6-3)23-8-7-9-24-34/h13-16,19-22,26,29,32H,4-12,17-18,23-25H2,1-3H3. The van der Waals surface area contributed by atoms with Gasteiger partial charge in [0.1, 0.15) is 5.75 Å². The molecule has 1 atom stereocenters. The lowest BCUT2D eigenvalue weighted by Crippen LogP contribution is -2.39. The predicted octanol–water partition coefficient (Wildman–Crippen LogP) is 9.59. The number of benzene rings is 2. The van der Waals surface area contributed by atoms with Crippen LogP contribution in [0.5, 0.6) is 5.75 Å². The van der Waals surface area contributed by atoms with Crippen molar-refractivity contribution >= 4 is 5.97 Å². The van der Waals surface area contributed by atoms with Gasteiger partial charge in [0.2, 0.25) is 0 Å². The van der Waals surface area contributed by atoms with Crippen LogP contribution >= 0.6 is 0 Å². The number of carbonyl (C=O) groups is 1. The third-order valence-electron chi connectivity index (χ3n) is 9.70. The van der Waals surface area contributed by atoms with Crippen molar-refractivity contribution < 1.29 is 9.53 Å². The molecule has 0 aromatic heterocycles. The average molecular weight is 489 g/mol.